The van der Waals surface area contributed by atoms with Gasteiger partial charge in [-0.3, -0.25) is 0 Å². The van der Waals surface area contributed by atoms with Crippen molar-refractivity contribution in [2.45, 2.75) is 16.2 Å². The fourth-order valence-corrected chi connectivity index (χ4v) is 3.47. The van der Waals surface area contributed by atoms with E-state index >= 15 is 0 Å². The largest absolute Gasteiger partial charge is 0.497 e. The SMILES string of the molecule is COc1ccc(Sc2ncc(N)c(-c3c[nH]c4ncc(C(F)(F)F)cc34)n2)cc1. The number of aromatic amines is 1. The third kappa shape index (κ3) is 3.83. The van der Waals surface area contributed by atoms with Crippen molar-refractivity contribution in [1.82, 2.24) is 19.9 Å². The number of rotatable bonds is 4. The molecule has 0 amide bonds. The quantitative estimate of drug-likeness (QED) is 0.465. The normalized spacial score (nSPS) is 11.7. The van der Waals surface area contributed by atoms with Gasteiger partial charge in [0.25, 0.3) is 0 Å². The molecule has 0 fully saturated rings. The Kier molecular flexibility index (Phi) is 4.79. The van der Waals surface area contributed by atoms with Gasteiger partial charge in [0, 0.05) is 28.2 Å². The Labute approximate surface area is 167 Å². The summed E-state index contributed by atoms with van der Waals surface area (Å²) in [5, 5.41) is 0.694. The van der Waals surface area contributed by atoms with Gasteiger partial charge in [-0.25, -0.2) is 15.0 Å². The summed E-state index contributed by atoms with van der Waals surface area (Å²) in [6, 6.07) is 8.36. The van der Waals surface area contributed by atoms with Crippen molar-refractivity contribution in [3.05, 3.63) is 54.5 Å². The van der Waals surface area contributed by atoms with Crippen LogP contribution in [0.25, 0.3) is 22.3 Å². The second-order valence-electron chi connectivity index (χ2n) is 6.05. The molecule has 0 aliphatic rings. The van der Waals surface area contributed by atoms with E-state index in [2.05, 4.69) is 19.9 Å². The zero-order valence-electron chi connectivity index (χ0n) is 15.0. The molecule has 4 aromatic rings. The number of halogens is 3. The first-order valence-electron chi connectivity index (χ1n) is 8.34. The van der Waals surface area contributed by atoms with E-state index in [1.165, 1.54) is 18.0 Å². The number of nitrogens with zero attached hydrogens (tertiary/aromatic N) is 3. The summed E-state index contributed by atoms with van der Waals surface area (Å²) in [5.74, 6) is 0.722. The highest BCUT2D eigenvalue weighted by Gasteiger charge is 2.31. The minimum absolute atomic E-state index is 0.252. The number of hydrogen-bond donors (Lipinski definition) is 2. The number of fused-ring (bicyclic) bond motifs is 1. The summed E-state index contributed by atoms with van der Waals surface area (Å²) in [4.78, 5) is 16.3. The molecule has 3 heterocycles. The summed E-state index contributed by atoms with van der Waals surface area (Å²) >= 11 is 1.30. The van der Waals surface area contributed by atoms with Gasteiger partial charge in [-0.2, -0.15) is 13.2 Å². The number of hydrogen-bond acceptors (Lipinski definition) is 6. The van der Waals surface area contributed by atoms with E-state index in [0.717, 1.165) is 22.9 Å². The zero-order chi connectivity index (χ0) is 20.6. The molecule has 0 unspecified atom stereocenters. The number of nitrogens with one attached hydrogen (secondary N) is 1. The summed E-state index contributed by atoms with van der Waals surface area (Å²) in [5.41, 5.74) is 6.51. The first kappa shape index (κ1) is 19.1. The monoisotopic (exact) mass is 417 g/mol. The highest BCUT2D eigenvalue weighted by atomic mass is 32.2. The lowest BCUT2D eigenvalue weighted by atomic mass is 10.1. The summed E-state index contributed by atoms with van der Waals surface area (Å²) in [6.07, 6.45) is -0.731. The Morgan fingerprint density at radius 1 is 1.10 bits per heavy atom. The van der Waals surface area contributed by atoms with Gasteiger partial charge in [0.1, 0.15) is 11.4 Å². The molecule has 29 heavy (non-hydrogen) atoms. The van der Waals surface area contributed by atoms with Crippen LogP contribution in [0.3, 0.4) is 0 Å². The molecule has 6 nitrogen and oxygen atoms in total. The molecule has 0 radical (unpaired) electrons. The number of anilines is 1. The van der Waals surface area contributed by atoms with E-state index in [1.54, 1.807) is 13.3 Å². The number of benzene rings is 1. The van der Waals surface area contributed by atoms with Crippen molar-refractivity contribution >= 4 is 28.5 Å². The molecule has 3 aromatic heterocycles. The Hall–Kier alpha value is -3.27. The molecule has 0 aliphatic heterocycles. The van der Waals surface area contributed by atoms with Crippen molar-refractivity contribution < 1.29 is 17.9 Å². The number of alkyl halides is 3. The van der Waals surface area contributed by atoms with E-state index in [9.17, 15) is 13.2 Å². The number of methoxy groups -OCH3 is 1. The summed E-state index contributed by atoms with van der Waals surface area (Å²) < 4.78 is 44.4. The first-order valence-corrected chi connectivity index (χ1v) is 9.16. The van der Waals surface area contributed by atoms with Crippen LogP contribution < -0.4 is 10.5 Å². The smallest absolute Gasteiger partial charge is 0.417 e. The molecule has 0 atom stereocenters. The lowest BCUT2D eigenvalue weighted by molar-refractivity contribution is -0.137. The first-order chi connectivity index (χ1) is 13.8. The molecule has 148 valence electrons. The van der Waals surface area contributed by atoms with Crippen LogP contribution in [0.2, 0.25) is 0 Å². The van der Waals surface area contributed by atoms with Gasteiger partial charge in [-0.1, -0.05) is 0 Å². The number of pyridine rings is 1. The summed E-state index contributed by atoms with van der Waals surface area (Å²) in [6.45, 7) is 0. The average molecular weight is 417 g/mol. The molecule has 3 N–H and O–H groups in total. The fourth-order valence-electron chi connectivity index (χ4n) is 2.74. The van der Waals surface area contributed by atoms with Crippen molar-refractivity contribution in [2.75, 3.05) is 12.8 Å². The summed E-state index contributed by atoms with van der Waals surface area (Å²) in [7, 11) is 1.58. The molecule has 0 saturated carbocycles. The van der Waals surface area contributed by atoms with Crippen LogP contribution in [0.15, 0.2) is 59.0 Å². The van der Waals surface area contributed by atoms with Crippen LogP contribution in [-0.2, 0) is 6.18 Å². The molecule has 0 spiro atoms. The van der Waals surface area contributed by atoms with Crippen LogP contribution in [0.5, 0.6) is 5.75 Å². The van der Waals surface area contributed by atoms with E-state index in [1.807, 2.05) is 24.3 Å². The number of aromatic nitrogens is 4. The minimum atomic E-state index is -4.50. The van der Waals surface area contributed by atoms with E-state index < -0.39 is 11.7 Å². The van der Waals surface area contributed by atoms with Crippen molar-refractivity contribution in [3.63, 3.8) is 0 Å². The van der Waals surface area contributed by atoms with Gasteiger partial charge >= 0.3 is 6.18 Å². The molecule has 0 saturated heterocycles. The second-order valence-corrected chi connectivity index (χ2v) is 7.10. The third-order valence-electron chi connectivity index (χ3n) is 4.18. The number of ether oxygens (including phenoxy) is 1. The van der Waals surface area contributed by atoms with Crippen LogP contribution in [0.4, 0.5) is 18.9 Å². The van der Waals surface area contributed by atoms with E-state index in [4.69, 9.17) is 10.5 Å². The number of nitrogen functional groups attached to an aromatic ring is 1. The molecule has 0 aliphatic carbocycles. The molecule has 10 heteroatoms. The van der Waals surface area contributed by atoms with Crippen LogP contribution in [0.1, 0.15) is 5.56 Å². The van der Waals surface area contributed by atoms with Crippen LogP contribution in [-0.4, -0.2) is 27.0 Å². The van der Waals surface area contributed by atoms with Gasteiger partial charge in [0.15, 0.2) is 5.16 Å². The van der Waals surface area contributed by atoms with Gasteiger partial charge in [-0.05, 0) is 42.1 Å². The Morgan fingerprint density at radius 2 is 1.86 bits per heavy atom. The topological polar surface area (TPSA) is 89.7 Å². The lowest BCUT2D eigenvalue weighted by Crippen LogP contribution is -2.05. The molecular formula is C19H14F3N5OS. The van der Waals surface area contributed by atoms with E-state index in [-0.39, 0.29) is 11.1 Å². The van der Waals surface area contributed by atoms with Gasteiger partial charge in [0.05, 0.1) is 30.3 Å². The lowest BCUT2D eigenvalue weighted by Gasteiger charge is -2.08. The highest BCUT2D eigenvalue weighted by molar-refractivity contribution is 7.99. The maximum atomic E-state index is 13.1. The fraction of sp³-hybridized carbons (Fsp3) is 0.105. The Morgan fingerprint density at radius 3 is 2.55 bits per heavy atom. The Bertz CT molecular complexity index is 1170. The Balaban J connectivity index is 1.74. The molecule has 0 bridgehead atoms. The maximum absolute atomic E-state index is 13.1. The number of nitrogens with two attached hydrogens (primary N) is 1. The zero-order valence-corrected chi connectivity index (χ0v) is 15.8. The molecular weight excluding hydrogens is 403 g/mol. The number of H-pyrrole nitrogens is 1. The molecule has 4 rings (SSSR count). The average Bonchev–Trinajstić information content (AvgIpc) is 3.12. The van der Waals surface area contributed by atoms with Crippen LogP contribution in [0, 0.1) is 0 Å². The predicted molar refractivity (Wildman–Crippen MR) is 104 cm³/mol. The maximum Gasteiger partial charge on any atom is 0.417 e. The van der Waals surface area contributed by atoms with Gasteiger partial charge < -0.3 is 15.5 Å². The van der Waals surface area contributed by atoms with Crippen molar-refractivity contribution in [2.24, 2.45) is 0 Å². The van der Waals surface area contributed by atoms with Crippen LogP contribution >= 0.6 is 11.8 Å². The second kappa shape index (κ2) is 7.28. The van der Waals surface area contributed by atoms with Crippen molar-refractivity contribution in [1.29, 1.82) is 0 Å². The standard InChI is InChI=1S/C19H14F3N5OS/c1-28-11-2-4-12(5-3-11)29-18-26-9-15(23)16(27-18)14-8-25-17-13(14)6-10(7-24-17)19(20,21)22/h2-9H,23H2,1H3,(H,24,25). The third-order valence-corrected chi connectivity index (χ3v) is 5.06. The highest BCUT2D eigenvalue weighted by Crippen LogP contribution is 2.36. The van der Waals surface area contributed by atoms with Gasteiger partial charge in [-0.15, -0.1) is 0 Å². The van der Waals surface area contributed by atoms with Crippen molar-refractivity contribution in [3.8, 4) is 17.0 Å². The minimum Gasteiger partial charge on any atom is -0.497 e. The van der Waals surface area contributed by atoms with Gasteiger partial charge in [0.2, 0.25) is 0 Å². The van der Waals surface area contributed by atoms with E-state index in [0.29, 0.717) is 22.1 Å². The predicted octanol–water partition coefficient (Wildman–Crippen LogP) is 4.78. The molecule has 1 aromatic carbocycles.